The number of carboxylic acids is 1. The molecule has 0 saturated heterocycles. The molecule has 8 nitrogen and oxygen atoms in total. The van der Waals surface area contributed by atoms with Crippen molar-refractivity contribution in [2.24, 2.45) is 0 Å². The van der Waals surface area contributed by atoms with E-state index in [1.165, 1.54) is 0 Å². The summed E-state index contributed by atoms with van der Waals surface area (Å²) in [5.41, 5.74) is 0. The third kappa shape index (κ3) is 7.93. The fourth-order valence-corrected chi connectivity index (χ4v) is 0.668. The van der Waals surface area contributed by atoms with Crippen LogP contribution in [0.1, 0.15) is 0 Å². The molecule has 0 aromatic heterocycles. The Kier molecular flexibility index (Phi) is 19.5. The van der Waals surface area contributed by atoms with Gasteiger partial charge in [0.25, 0.3) is 0 Å². The van der Waals surface area contributed by atoms with Crippen molar-refractivity contribution in [1.82, 2.24) is 0 Å². The Morgan fingerprint density at radius 2 is 1.44 bits per heavy atom. The van der Waals surface area contributed by atoms with E-state index in [4.69, 9.17) is 30.6 Å². The number of aliphatic hydroxyl groups is 5. The van der Waals surface area contributed by atoms with Gasteiger partial charge in [0.05, 0.1) is 6.61 Å². The average molecular weight is 291 g/mol. The zero-order chi connectivity index (χ0) is 10.6. The summed E-state index contributed by atoms with van der Waals surface area (Å²) in [5, 5.41) is 51.8. The van der Waals surface area contributed by atoms with Crippen LogP contribution in [-0.4, -0.2) is 67.6 Å². The van der Waals surface area contributed by atoms with Gasteiger partial charge in [0.2, 0.25) is 0 Å². The smallest absolute Gasteiger partial charge is 2.00 e. The molecule has 10 heteroatoms. The van der Waals surface area contributed by atoms with E-state index in [-0.39, 0.29) is 52.1 Å². The van der Waals surface area contributed by atoms with Crippen LogP contribution in [0.2, 0.25) is 0 Å². The number of aliphatic hydroxyl groups excluding tert-OH is 5. The SMILES string of the molecule is O=C(O)[C@H](O)[C@@H](O)[C@H](O)[C@H](O)CO.[Fe+3].[Na+].[O-2]. The van der Waals surface area contributed by atoms with E-state index in [2.05, 4.69) is 0 Å². The summed E-state index contributed by atoms with van der Waals surface area (Å²) < 4.78 is 0. The molecule has 16 heavy (non-hydrogen) atoms. The van der Waals surface area contributed by atoms with E-state index >= 15 is 0 Å². The number of hydrogen-bond donors (Lipinski definition) is 6. The standard InChI is InChI=1S/C6H12O7.Fe.Na.O/c7-1-2(8)3(9)4(10)5(11)6(12)13;;;/h2-5,7-11H,1H2,(H,12,13);;;/q;+3;+1;-2/t2-,3-,4+,5-;;;/m1.../s1. The van der Waals surface area contributed by atoms with Crippen LogP contribution in [0.5, 0.6) is 0 Å². The quantitative estimate of drug-likeness (QED) is 0.274. The molecule has 0 unspecified atom stereocenters. The van der Waals surface area contributed by atoms with Crippen LogP contribution >= 0.6 is 0 Å². The fourth-order valence-electron chi connectivity index (χ4n) is 0.668. The van der Waals surface area contributed by atoms with Gasteiger partial charge in [0, 0.05) is 0 Å². The van der Waals surface area contributed by atoms with Crippen molar-refractivity contribution in [2.45, 2.75) is 24.4 Å². The molecule has 0 heterocycles. The van der Waals surface area contributed by atoms with Crippen LogP contribution in [0, 0.1) is 0 Å². The summed E-state index contributed by atoms with van der Waals surface area (Å²) in [6.45, 7) is -0.843. The molecule has 0 fully saturated rings. The van der Waals surface area contributed by atoms with Crippen LogP contribution in [0.25, 0.3) is 0 Å². The minimum atomic E-state index is -2.20. The van der Waals surface area contributed by atoms with Crippen molar-refractivity contribution in [3.05, 3.63) is 0 Å². The zero-order valence-electron chi connectivity index (χ0n) is 8.37. The van der Waals surface area contributed by atoms with E-state index in [9.17, 15) is 4.79 Å². The normalized spacial score (nSPS) is 16.6. The molecule has 4 atom stereocenters. The molecular formula is C6H12FeNaO8+2. The third-order valence-electron chi connectivity index (χ3n) is 1.51. The van der Waals surface area contributed by atoms with E-state index in [1.807, 2.05) is 0 Å². The molecule has 1 radical (unpaired) electrons. The first kappa shape index (κ1) is 25.6. The van der Waals surface area contributed by atoms with Gasteiger partial charge in [-0.15, -0.1) is 0 Å². The number of hydrogen-bond acceptors (Lipinski definition) is 6. The van der Waals surface area contributed by atoms with Crippen molar-refractivity contribution >= 4 is 5.97 Å². The Labute approximate surface area is 124 Å². The topological polar surface area (TPSA) is 167 Å². The first-order chi connectivity index (χ1) is 5.91. The van der Waals surface area contributed by atoms with Crippen molar-refractivity contribution in [3.8, 4) is 0 Å². The summed E-state index contributed by atoms with van der Waals surface area (Å²) in [5.74, 6) is -1.73. The maximum absolute atomic E-state index is 10.1. The van der Waals surface area contributed by atoms with Crippen LogP contribution < -0.4 is 29.6 Å². The summed E-state index contributed by atoms with van der Waals surface area (Å²) in [4.78, 5) is 10.1. The van der Waals surface area contributed by atoms with Gasteiger partial charge in [-0.3, -0.25) is 0 Å². The van der Waals surface area contributed by atoms with E-state index in [0.29, 0.717) is 0 Å². The van der Waals surface area contributed by atoms with Gasteiger partial charge in [0.15, 0.2) is 6.10 Å². The first-order valence-electron chi connectivity index (χ1n) is 3.47. The average Bonchev–Trinajstić information content (AvgIpc) is 2.12. The Morgan fingerprint density at radius 3 is 1.69 bits per heavy atom. The Balaban J connectivity index is -0.000000240. The molecule has 91 valence electrons. The Morgan fingerprint density at radius 1 is 1.06 bits per heavy atom. The van der Waals surface area contributed by atoms with Crippen molar-refractivity contribution in [1.29, 1.82) is 0 Å². The molecule has 0 aliphatic heterocycles. The monoisotopic (exact) mass is 291 g/mol. The van der Waals surface area contributed by atoms with E-state index in [1.54, 1.807) is 0 Å². The summed E-state index contributed by atoms with van der Waals surface area (Å²) >= 11 is 0. The molecule has 0 amide bonds. The second kappa shape index (κ2) is 12.2. The molecule has 0 aliphatic rings. The molecule has 0 spiro atoms. The van der Waals surface area contributed by atoms with Crippen LogP contribution in [0.3, 0.4) is 0 Å². The number of aliphatic carboxylic acids is 1. The van der Waals surface area contributed by atoms with Gasteiger partial charge in [-0.2, -0.15) is 0 Å². The largest absolute Gasteiger partial charge is 3.00 e. The van der Waals surface area contributed by atoms with Gasteiger partial charge in [0.1, 0.15) is 18.3 Å². The van der Waals surface area contributed by atoms with E-state index in [0.717, 1.165) is 0 Å². The Bertz CT molecular complexity index is 182. The van der Waals surface area contributed by atoms with Gasteiger partial charge in [-0.05, 0) is 0 Å². The molecule has 0 aliphatic carbocycles. The molecule has 0 rings (SSSR count). The van der Waals surface area contributed by atoms with Gasteiger partial charge in [-0.1, -0.05) is 0 Å². The zero-order valence-corrected chi connectivity index (χ0v) is 11.5. The summed E-state index contributed by atoms with van der Waals surface area (Å²) in [6, 6.07) is 0. The molecule has 0 aromatic carbocycles. The maximum Gasteiger partial charge on any atom is 3.00 e. The minimum absolute atomic E-state index is 0. The number of carbonyl (C=O) groups is 1. The summed E-state index contributed by atoms with van der Waals surface area (Å²) in [6.07, 6.45) is -7.84. The van der Waals surface area contributed by atoms with Gasteiger partial charge < -0.3 is 36.1 Å². The van der Waals surface area contributed by atoms with Crippen LogP contribution in [0.4, 0.5) is 0 Å². The van der Waals surface area contributed by atoms with Gasteiger partial charge >= 0.3 is 52.6 Å². The molecule has 6 N–H and O–H groups in total. The van der Waals surface area contributed by atoms with Crippen molar-refractivity contribution in [2.75, 3.05) is 6.61 Å². The molecular weight excluding hydrogens is 279 g/mol. The minimum Gasteiger partial charge on any atom is -2.00 e. The van der Waals surface area contributed by atoms with Gasteiger partial charge in [-0.25, -0.2) is 4.79 Å². The molecule has 0 bridgehead atoms. The van der Waals surface area contributed by atoms with Crippen molar-refractivity contribution < 1.29 is 87.5 Å². The second-order valence-corrected chi connectivity index (χ2v) is 2.51. The summed E-state index contributed by atoms with van der Waals surface area (Å²) in [7, 11) is 0. The number of carboxylic acid groups (broad SMARTS) is 1. The maximum atomic E-state index is 10.1. The second-order valence-electron chi connectivity index (χ2n) is 2.51. The molecule has 0 saturated carbocycles. The van der Waals surface area contributed by atoms with Crippen LogP contribution in [-0.2, 0) is 27.3 Å². The Hall–Kier alpha value is 0.749. The predicted octanol–water partition coefficient (Wildman–Crippen LogP) is -6.61. The molecule has 0 aromatic rings. The van der Waals surface area contributed by atoms with Crippen LogP contribution in [0.15, 0.2) is 0 Å². The number of rotatable bonds is 5. The first-order valence-corrected chi connectivity index (χ1v) is 3.47. The van der Waals surface area contributed by atoms with E-state index < -0.39 is 37.0 Å². The fraction of sp³-hybridized carbons (Fsp3) is 0.833. The third-order valence-corrected chi connectivity index (χ3v) is 1.51. The predicted molar refractivity (Wildman–Crippen MR) is 39.4 cm³/mol. The van der Waals surface area contributed by atoms with Crippen molar-refractivity contribution in [3.63, 3.8) is 0 Å².